The Hall–Kier alpha value is -2.87. The van der Waals surface area contributed by atoms with Crippen LogP contribution in [0.2, 0.25) is 0 Å². The van der Waals surface area contributed by atoms with Crippen LogP contribution in [0.25, 0.3) is 0 Å². The third-order valence-electron chi connectivity index (χ3n) is 6.74. The minimum atomic E-state index is -1.05. The first-order chi connectivity index (χ1) is 16.9. The fraction of sp³-hybridized carbons (Fsp3) is 0.483. The number of ketones is 1. The molecule has 0 radical (unpaired) electrons. The number of rotatable bonds is 10. The van der Waals surface area contributed by atoms with E-state index in [2.05, 4.69) is 19.1 Å². The zero-order valence-corrected chi connectivity index (χ0v) is 24.4. The van der Waals surface area contributed by atoms with E-state index in [4.69, 9.17) is 15.3 Å². The highest BCUT2D eigenvalue weighted by Crippen LogP contribution is 2.41. The highest BCUT2D eigenvalue weighted by atomic mass is 79.9. The van der Waals surface area contributed by atoms with Crippen molar-refractivity contribution in [3.63, 3.8) is 0 Å². The van der Waals surface area contributed by atoms with Crippen molar-refractivity contribution >= 4 is 40.3 Å². The number of carbonyl (C=O) groups excluding carboxylic acids is 1. The van der Waals surface area contributed by atoms with Crippen molar-refractivity contribution in [3.8, 4) is 5.75 Å². The molecule has 1 fully saturated rings. The second kappa shape index (κ2) is 12.6. The second-order valence-electron chi connectivity index (χ2n) is 10.8. The molecule has 7 nitrogen and oxygen atoms in total. The summed E-state index contributed by atoms with van der Waals surface area (Å²) in [5, 5.41) is 18.1. The predicted molar refractivity (Wildman–Crippen MR) is 154 cm³/mol. The summed E-state index contributed by atoms with van der Waals surface area (Å²) >= 11 is 0. The molecule has 3 rings (SSSR count). The van der Waals surface area contributed by atoms with E-state index in [1.165, 1.54) is 0 Å². The SMILES string of the molecule is Br.CCC[C@H]1CN(CC(=O)c2cc(N(C)C)c(OCC(=O)O)c(C(C)(C)C)c2)C(=N)[C@@H]1c1ccccc1. The number of ether oxygens (including phenoxy) is 1. The number of Topliss-reactive ketones (excluding diaryl/α,β-unsaturated/α-hetero) is 1. The second-order valence-corrected chi connectivity index (χ2v) is 10.8. The minimum absolute atomic E-state index is 0. The van der Waals surface area contributed by atoms with E-state index in [1.807, 2.05) is 68.9 Å². The molecule has 0 bridgehead atoms. The first kappa shape index (κ1) is 30.4. The van der Waals surface area contributed by atoms with Crippen molar-refractivity contribution in [1.29, 1.82) is 5.41 Å². The highest BCUT2D eigenvalue weighted by Gasteiger charge is 2.38. The average Bonchev–Trinajstić information content (AvgIpc) is 3.11. The first-order valence-electron chi connectivity index (χ1n) is 12.6. The summed E-state index contributed by atoms with van der Waals surface area (Å²) < 4.78 is 5.71. The molecular formula is C29H40BrN3O4. The number of likely N-dealkylation sites (tertiary alicyclic amines) is 1. The number of nitrogens with one attached hydrogen (secondary N) is 1. The van der Waals surface area contributed by atoms with Gasteiger partial charge in [0.05, 0.1) is 12.2 Å². The Morgan fingerprint density at radius 1 is 1.16 bits per heavy atom. The number of carbonyl (C=O) groups is 2. The molecule has 0 aromatic heterocycles. The fourth-order valence-electron chi connectivity index (χ4n) is 4.99. The maximum Gasteiger partial charge on any atom is 0.341 e. The van der Waals surface area contributed by atoms with Crippen molar-refractivity contribution in [2.24, 2.45) is 5.92 Å². The predicted octanol–water partition coefficient (Wildman–Crippen LogP) is 5.77. The van der Waals surface area contributed by atoms with Crippen molar-refractivity contribution in [2.75, 3.05) is 38.7 Å². The molecule has 0 saturated carbocycles. The van der Waals surface area contributed by atoms with Gasteiger partial charge in [0.15, 0.2) is 12.4 Å². The molecule has 2 aromatic rings. The molecule has 37 heavy (non-hydrogen) atoms. The van der Waals surface area contributed by atoms with Crippen molar-refractivity contribution in [3.05, 3.63) is 59.2 Å². The molecule has 0 amide bonds. The largest absolute Gasteiger partial charge is 0.479 e. The molecule has 1 heterocycles. The zero-order valence-electron chi connectivity index (χ0n) is 22.7. The molecule has 0 aliphatic carbocycles. The normalized spacial score (nSPS) is 17.4. The lowest BCUT2D eigenvalue weighted by atomic mass is 9.84. The molecule has 1 saturated heterocycles. The van der Waals surface area contributed by atoms with Crippen LogP contribution in [0.4, 0.5) is 5.69 Å². The van der Waals surface area contributed by atoms with Gasteiger partial charge in [0.2, 0.25) is 0 Å². The Bertz CT molecular complexity index is 1110. The smallest absolute Gasteiger partial charge is 0.341 e. The monoisotopic (exact) mass is 573 g/mol. The molecular weight excluding hydrogens is 534 g/mol. The molecule has 202 valence electrons. The number of nitrogens with zero attached hydrogens (tertiary/aromatic N) is 2. The van der Waals surface area contributed by atoms with Crippen LogP contribution >= 0.6 is 17.0 Å². The molecule has 2 N–H and O–H groups in total. The number of hydrogen-bond donors (Lipinski definition) is 2. The van der Waals surface area contributed by atoms with E-state index in [0.717, 1.165) is 24.0 Å². The topological polar surface area (TPSA) is 93.9 Å². The van der Waals surface area contributed by atoms with Crippen LogP contribution in [0, 0.1) is 11.3 Å². The third-order valence-corrected chi connectivity index (χ3v) is 6.74. The number of halogens is 1. The van der Waals surface area contributed by atoms with Gasteiger partial charge in [0.1, 0.15) is 11.6 Å². The Morgan fingerprint density at radius 2 is 1.81 bits per heavy atom. The Kier molecular flexibility index (Phi) is 10.3. The van der Waals surface area contributed by atoms with Gasteiger partial charge in [-0.2, -0.15) is 0 Å². The van der Waals surface area contributed by atoms with Gasteiger partial charge in [-0.05, 0) is 35.4 Å². The van der Waals surface area contributed by atoms with E-state index in [-0.39, 0.29) is 40.6 Å². The van der Waals surface area contributed by atoms with Gasteiger partial charge in [-0.1, -0.05) is 64.4 Å². The first-order valence-corrected chi connectivity index (χ1v) is 12.6. The summed E-state index contributed by atoms with van der Waals surface area (Å²) in [7, 11) is 3.69. The van der Waals surface area contributed by atoms with Crippen LogP contribution in [-0.2, 0) is 10.2 Å². The molecule has 1 aliphatic heterocycles. The molecule has 2 atom stereocenters. The van der Waals surface area contributed by atoms with E-state index < -0.39 is 12.6 Å². The summed E-state index contributed by atoms with van der Waals surface area (Å²) in [5.74, 6) is 0.148. The van der Waals surface area contributed by atoms with E-state index in [0.29, 0.717) is 35.3 Å². The van der Waals surface area contributed by atoms with Crippen LogP contribution in [-0.4, -0.2) is 61.4 Å². The maximum atomic E-state index is 13.6. The van der Waals surface area contributed by atoms with Crippen LogP contribution in [0.1, 0.15) is 67.9 Å². The number of benzene rings is 2. The van der Waals surface area contributed by atoms with Crippen LogP contribution in [0.5, 0.6) is 5.75 Å². The number of carboxylic acid groups (broad SMARTS) is 1. The summed E-state index contributed by atoms with van der Waals surface area (Å²) in [6, 6.07) is 13.7. The van der Waals surface area contributed by atoms with Gasteiger partial charge < -0.3 is 19.6 Å². The van der Waals surface area contributed by atoms with Crippen LogP contribution < -0.4 is 9.64 Å². The molecule has 0 unspecified atom stereocenters. The van der Waals surface area contributed by atoms with Gasteiger partial charge >= 0.3 is 5.97 Å². The standard InChI is InChI=1S/C29H39N3O4.BrH/c1-7-11-20-16-32(28(30)26(20)19-12-9-8-10-13-19)17-24(33)21-14-22(29(2,3)4)27(36-18-25(34)35)23(15-21)31(5)6;/h8-10,12-15,20,26,30H,7,11,16-18H2,1-6H3,(H,34,35);1H/t20-,26+;/m0./s1. The Balaban J connectivity index is 0.00000481. The minimum Gasteiger partial charge on any atom is -0.479 e. The van der Waals surface area contributed by atoms with Gasteiger partial charge in [-0.15, -0.1) is 17.0 Å². The van der Waals surface area contributed by atoms with Gasteiger partial charge in [0.25, 0.3) is 0 Å². The maximum absolute atomic E-state index is 13.6. The summed E-state index contributed by atoms with van der Waals surface area (Å²) in [5.41, 5.74) is 2.73. The van der Waals surface area contributed by atoms with Crippen LogP contribution in [0.3, 0.4) is 0 Å². The van der Waals surface area contributed by atoms with Crippen molar-refractivity contribution in [1.82, 2.24) is 4.90 Å². The number of aliphatic carboxylic acids is 1. The number of hydrogen-bond acceptors (Lipinski definition) is 5. The lowest BCUT2D eigenvalue weighted by Gasteiger charge is -2.28. The van der Waals surface area contributed by atoms with Crippen molar-refractivity contribution in [2.45, 2.75) is 51.9 Å². The van der Waals surface area contributed by atoms with Crippen LogP contribution in [0.15, 0.2) is 42.5 Å². The Labute approximate surface area is 231 Å². The summed E-state index contributed by atoms with van der Waals surface area (Å²) in [6.07, 6.45) is 2.03. The third kappa shape index (κ3) is 7.12. The van der Waals surface area contributed by atoms with E-state index >= 15 is 0 Å². The number of amidine groups is 1. The fourth-order valence-corrected chi connectivity index (χ4v) is 4.99. The molecule has 1 aliphatic rings. The summed E-state index contributed by atoms with van der Waals surface area (Å²) in [6.45, 7) is 8.56. The highest BCUT2D eigenvalue weighted by molar-refractivity contribution is 8.93. The van der Waals surface area contributed by atoms with Gasteiger partial charge in [-0.25, -0.2) is 4.79 Å². The van der Waals surface area contributed by atoms with Crippen molar-refractivity contribution < 1.29 is 19.4 Å². The van der Waals surface area contributed by atoms with Gasteiger partial charge in [-0.3, -0.25) is 10.2 Å². The van der Waals surface area contributed by atoms with Gasteiger partial charge in [0, 0.05) is 37.7 Å². The Morgan fingerprint density at radius 3 is 2.35 bits per heavy atom. The quantitative estimate of drug-likeness (QED) is 0.350. The molecule has 0 spiro atoms. The lowest BCUT2D eigenvalue weighted by Crippen LogP contribution is -2.32. The number of anilines is 1. The lowest BCUT2D eigenvalue weighted by molar-refractivity contribution is -0.139. The molecule has 8 heteroatoms. The zero-order chi connectivity index (χ0) is 26.6. The molecule has 2 aromatic carbocycles. The summed E-state index contributed by atoms with van der Waals surface area (Å²) in [4.78, 5) is 28.5. The van der Waals surface area contributed by atoms with E-state index in [1.54, 1.807) is 6.07 Å². The number of carboxylic acids is 1. The van der Waals surface area contributed by atoms with E-state index in [9.17, 15) is 9.59 Å². The average molecular weight is 575 g/mol.